The fourth-order valence-electron chi connectivity index (χ4n) is 3.10. The van der Waals surface area contributed by atoms with Crippen LogP contribution in [0.25, 0.3) is 5.65 Å². The Balaban J connectivity index is 1.40. The second-order valence-corrected chi connectivity index (χ2v) is 6.17. The monoisotopic (exact) mass is 311 g/mol. The molecule has 1 fully saturated rings. The van der Waals surface area contributed by atoms with Gasteiger partial charge in [-0.1, -0.05) is 6.07 Å². The van der Waals surface area contributed by atoms with Crippen molar-refractivity contribution in [2.24, 2.45) is 0 Å². The number of aromatic nitrogens is 4. The molecule has 0 aromatic carbocycles. The molecule has 1 unspecified atom stereocenters. The SMILES string of the molecule is Cc1cnn(CC2CN(Cc3cn4ccccc4n3)CCO2)c1. The lowest BCUT2D eigenvalue weighted by atomic mass is 10.2. The van der Waals surface area contributed by atoms with Gasteiger partial charge in [0.25, 0.3) is 0 Å². The zero-order valence-electron chi connectivity index (χ0n) is 13.3. The number of rotatable bonds is 4. The Morgan fingerprint density at radius 3 is 3.09 bits per heavy atom. The Kier molecular flexibility index (Phi) is 3.85. The van der Waals surface area contributed by atoms with Crippen LogP contribution in [0.5, 0.6) is 0 Å². The van der Waals surface area contributed by atoms with E-state index in [2.05, 4.69) is 38.7 Å². The van der Waals surface area contributed by atoms with E-state index in [0.29, 0.717) is 0 Å². The zero-order valence-corrected chi connectivity index (χ0v) is 13.3. The van der Waals surface area contributed by atoms with Gasteiger partial charge in [0.15, 0.2) is 0 Å². The molecule has 1 saturated heterocycles. The molecule has 6 nitrogen and oxygen atoms in total. The first-order chi connectivity index (χ1) is 11.3. The maximum absolute atomic E-state index is 5.89. The standard InChI is InChI=1S/C17H21N5O/c1-14-8-18-22(9-14)13-16-12-20(6-7-23-16)10-15-11-21-5-3-2-4-17(21)19-15/h2-5,8-9,11,16H,6-7,10,12-13H2,1H3. The van der Waals surface area contributed by atoms with E-state index in [4.69, 9.17) is 4.74 Å². The average molecular weight is 311 g/mol. The number of ether oxygens (including phenoxy) is 1. The van der Waals surface area contributed by atoms with Crippen LogP contribution in [0.15, 0.2) is 43.0 Å². The Bertz CT molecular complexity index is 760. The van der Waals surface area contributed by atoms with Gasteiger partial charge in [-0.15, -0.1) is 0 Å². The molecule has 120 valence electrons. The minimum Gasteiger partial charge on any atom is -0.374 e. The summed E-state index contributed by atoms with van der Waals surface area (Å²) in [4.78, 5) is 7.09. The van der Waals surface area contributed by atoms with Gasteiger partial charge in [-0.25, -0.2) is 4.98 Å². The van der Waals surface area contributed by atoms with E-state index in [0.717, 1.165) is 44.1 Å². The van der Waals surface area contributed by atoms with Crippen molar-refractivity contribution in [1.82, 2.24) is 24.1 Å². The van der Waals surface area contributed by atoms with Crippen LogP contribution in [0.3, 0.4) is 0 Å². The number of hydrogen-bond acceptors (Lipinski definition) is 4. The Morgan fingerprint density at radius 1 is 1.30 bits per heavy atom. The van der Waals surface area contributed by atoms with Gasteiger partial charge in [0.2, 0.25) is 0 Å². The lowest BCUT2D eigenvalue weighted by molar-refractivity contribution is -0.0405. The quantitative estimate of drug-likeness (QED) is 0.736. The van der Waals surface area contributed by atoms with Crippen LogP contribution in [-0.2, 0) is 17.8 Å². The highest BCUT2D eigenvalue weighted by molar-refractivity contribution is 5.39. The average Bonchev–Trinajstić information content (AvgIpc) is 3.13. The number of imidazole rings is 1. The highest BCUT2D eigenvalue weighted by Gasteiger charge is 2.21. The van der Waals surface area contributed by atoms with Gasteiger partial charge >= 0.3 is 0 Å². The molecule has 23 heavy (non-hydrogen) atoms. The molecule has 3 aromatic heterocycles. The van der Waals surface area contributed by atoms with Gasteiger partial charge in [0, 0.05) is 38.2 Å². The lowest BCUT2D eigenvalue weighted by Crippen LogP contribution is -2.43. The second-order valence-electron chi connectivity index (χ2n) is 6.17. The number of aryl methyl sites for hydroxylation is 1. The van der Waals surface area contributed by atoms with Gasteiger partial charge in [-0.05, 0) is 24.6 Å². The van der Waals surface area contributed by atoms with Crippen molar-refractivity contribution in [2.75, 3.05) is 19.7 Å². The molecule has 0 radical (unpaired) electrons. The first kappa shape index (κ1) is 14.4. The maximum Gasteiger partial charge on any atom is 0.137 e. The molecular formula is C17H21N5O. The molecule has 0 spiro atoms. The number of pyridine rings is 1. The molecule has 0 amide bonds. The molecule has 1 aliphatic rings. The summed E-state index contributed by atoms with van der Waals surface area (Å²) < 4.78 is 9.93. The Hall–Kier alpha value is -2.18. The predicted octanol–water partition coefficient (Wildman–Crippen LogP) is 1.74. The molecule has 4 heterocycles. The predicted molar refractivity (Wildman–Crippen MR) is 87.2 cm³/mol. The highest BCUT2D eigenvalue weighted by Crippen LogP contribution is 2.12. The van der Waals surface area contributed by atoms with Crippen LogP contribution in [-0.4, -0.2) is 49.9 Å². The van der Waals surface area contributed by atoms with Crippen molar-refractivity contribution in [3.63, 3.8) is 0 Å². The summed E-state index contributed by atoms with van der Waals surface area (Å²) in [6.45, 7) is 6.34. The summed E-state index contributed by atoms with van der Waals surface area (Å²) in [6.07, 6.45) is 8.27. The van der Waals surface area contributed by atoms with Gasteiger partial charge in [0.1, 0.15) is 5.65 Å². The summed E-state index contributed by atoms with van der Waals surface area (Å²) in [6, 6.07) is 6.07. The molecular weight excluding hydrogens is 290 g/mol. The molecule has 0 saturated carbocycles. The minimum atomic E-state index is 0.181. The van der Waals surface area contributed by atoms with E-state index in [9.17, 15) is 0 Å². The van der Waals surface area contributed by atoms with Crippen LogP contribution in [0, 0.1) is 6.92 Å². The fraction of sp³-hybridized carbons (Fsp3) is 0.412. The smallest absolute Gasteiger partial charge is 0.137 e. The van der Waals surface area contributed by atoms with Crippen molar-refractivity contribution in [2.45, 2.75) is 26.1 Å². The zero-order chi connectivity index (χ0) is 15.6. The third kappa shape index (κ3) is 3.28. The van der Waals surface area contributed by atoms with E-state index >= 15 is 0 Å². The molecule has 4 rings (SSSR count). The minimum absolute atomic E-state index is 0.181. The van der Waals surface area contributed by atoms with Crippen molar-refractivity contribution in [3.05, 3.63) is 54.2 Å². The molecule has 1 aliphatic heterocycles. The summed E-state index contributed by atoms with van der Waals surface area (Å²) in [7, 11) is 0. The van der Waals surface area contributed by atoms with Crippen LogP contribution in [0.1, 0.15) is 11.3 Å². The first-order valence-corrected chi connectivity index (χ1v) is 8.02. The van der Waals surface area contributed by atoms with Crippen LogP contribution >= 0.6 is 0 Å². The Labute approximate surface area is 135 Å². The Morgan fingerprint density at radius 2 is 2.26 bits per heavy atom. The van der Waals surface area contributed by atoms with E-state index in [1.54, 1.807) is 0 Å². The molecule has 0 N–H and O–H groups in total. The van der Waals surface area contributed by atoms with Crippen molar-refractivity contribution >= 4 is 5.65 Å². The largest absolute Gasteiger partial charge is 0.374 e. The van der Waals surface area contributed by atoms with Crippen LogP contribution in [0.4, 0.5) is 0 Å². The topological polar surface area (TPSA) is 47.6 Å². The summed E-state index contributed by atoms with van der Waals surface area (Å²) in [5, 5.41) is 4.35. The molecule has 0 aliphatic carbocycles. The van der Waals surface area contributed by atoms with E-state index < -0.39 is 0 Å². The summed E-state index contributed by atoms with van der Waals surface area (Å²) >= 11 is 0. The summed E-state index contributed by atoms with van der Waals surface area (Å²) in [5.74, 6) is 0. The normalized spacial score (nSPS) is 19.4. The maximum atomic E-state index is 5.89. The van der Waals surface area contributed by atoms with Gasteiger partial charge in [-0.2, -0.15) is 5.10 Å². The third-order valence-corrected chi connectivity index (χ3v) is 4.18. The van der Waals surface area contributed by atoms with Crippen molar-refractivity contribution < 1.29 is 4.74 Å². The van der Waals surface area contributed by atoms with E-state index in [1.165, 1.54) is 5.56 Å². The molecule has 3 aromatic rings. The van der Waals surface area contributed by atoms with Crippen LogP contribution < -0.4 is 0 Å². The summed E-state index contributed by atoms with van der Waals surface area (Å²) in [5.41, 5.74) is 3.29. The van der Waals surface area contributed by atoms with Gasteiger partial charge < -0.3 is 9.14 Å². The van der Waals surface area contributed by atoms with Gasteiger partial charge in [-0.3, -0.25) is 9.58 Å². The van der Waals surface area contributed by atoms with E-state index in [1.807, 2.05) is 35.3 Å². The second kappa shape index (κ2) is 6.14. The number of hydrogen-bond donors (Lipinski definition) is 0. The van der Waals surface area contributed by atoms with Crippen molar-refractivity contribution in [3.8, 4) is 0 Å². The number of fused-ring (bicyclic) bond motifs is 1. The fourth-order valence-corrected chi connectivity index (χ4v) is 3.10. The number of morpholine rings is 1. The molecule has 0 bridgehead atoms. The number of nitrogens with zero attached hydrogens (tertiary/aromatic N) is 5. The van der Waals surface area contributed by atoms with Gasteiger partial charge in [0.05, 0.1) is 31.1 Å². The van der Waals surface area contributed by atoms with Crippen LogP contribution in [0.2, 0.25) is 0 Å². The highest BCUT2D eigenvalue weighted by atomic mass is 16.5. The lowest BCUT2D eigenvalue weighted by Gasteiger charge is -2.32. The third-order valence-electron chi connectivity index (χ3n) is 4.18. The molecule has 6 heteroatoms. The van der Waals surface area contributed by atoms with Crippen molar-refractivity contribution in [1.29, 1.82) is 0 Å². The molecule has 1 atom stereocenters. The first-order valence-electron chi connectivity index (χ1n) is 8.02. The van der Waals surface area contributed by atoms with E-state index in [-0.39, 0.29) is 6.10 Å².